The molecule has 0 aliphatic carbocycles. The largest absolute Gasteiger partial charge is 0.496 e. The Labute approximate surface area is 107 Å². The summed E-state index contributed by atoms with van der Waals surface area (Å²) in [5.41, 5.74) is 3.18. The summed E-state index contributed by atoms with van der Waals surface area (Å²) in [4.78, 5) is 0. The monoisotopic (exact) mass is 246 g/mol. The van der Waals surface area contributed by atoms with Gasteiger partial charge in [-0.15, -0.1) is 10.2 Å². The van der Waals surface area contributed by atoms with Crippen molar-refractivity contribution in [1.82, 2.24) is 20.6 Å². The number of nitrogens with one attached hydrogen (secondary N) is 1. The molecule has 0 aliphatic heterocycles. The van der Waals surface area contributed by atoms with Gasteiger partial charge in [-0.05, 0) is 35.2 Å². The van der Waals surface area contributed by atoms with Crippen LogP contribution in [0.15, 0.2) is 12.1 Å². The van der Waals surface area contributed by atoms with Crippen LogP contribution in [-0.4, -0.2) is 27.7 Å². The van der Waals surface area contributed by atoms with Crippen molar-refractivity contribution in [3.05, 3.63) is 23.3 Å². The van der Waals surface area contributed by atoms with Crippen LogP contribution in [0.25, 0.3) is 11.4 Å². The zero-order valence-electron chi connectivity index (χ0n) is 11.4. The number of ether oxygens (including phenoxy) is 1. The van der Waals surface area contributed by atoms with Crippen LogP contribution >= 0.6 is 0 Å². The first-order valence-corrected chi connectivity index (χ1v) is 5.86. The van der Waals surface area contributed by atoms with E-state index in [-0.39, 0.29) is 5.41 Å². The molecule has 0 radical (unpaired) electrons. The predicted octanol–water partition coefficient (Wildman–Crippen LogP) is 2.48. The number of aromatic nitrogens is 4. The lowest BCUT2D eigenvalue weighted by molar-refractivity contribution is 0.397. The van der Waals surface area contributed by atoms with Crippen LogP contribution < -0.4 is 4.74 Å². The first kappa shape index (κ1) is 12.5. The molecule has 18 heavy (non-hydrogen) atoms. The predicted molar refractivity (Wildman–Crippen MR) is 69.6 cm³/mol. The van der Waals surface area contributed by atoms with E-state index in [1.54, 1.807) is 7.11 Å². The van der Waals surface area contributed by atoms with E-state index in [0.717, 1.165) is 22.4 Å². The van der Waals surface area contributed by atoms with Gasteiger partial charge in [0.25, 0.3) is 0 Å². The molecule has 5 heteroatoms. The fraction of sp³-hybridized carbons (Fsp3) is 0.462. The van der Waals surface area contributed by atoms with E-state index in [9.17, 15) is 0 Å². The second kappa shape index (κ2) is 4.40. The van der Waals surface area contributed by atoms with Crippen LogP contribution in [0.5, 0.6) is 5.75 Å². The summed E-state index contributed by atoms with van der Waals surface area (Å²) in [6, 6.07) is 4.10. The van der Waals surface area contributed by atoms with Gasteiger partial charge < -0.3 is 4.74 Å². The quantitative estimate of drug-likeness (QED) is 0.884. The van der Waals surface area contributed by atoms with Crippen molar-refractivity contribution < 1.29 is 4.74 Å². The fourth-order valence-electron chi connectivity index (χ4n) is 1.95. The van der Waals surface area contributed by atoms with Crippen LogP contribution in [0, 0.1) is 6.92 Å². The van der Waals surface area contributed by atoms with E-state index < -0.39 is 0 Å². The number of H-pyrrole nitrogens is 1. The third-order valence-electron chi connectivity index (χ3n) is 2.94. The number of hydrogen-bond donors (Lipinski definition) is 1. The van der Waals surface area contributed by atoms with Crippen molar-refractivity contribution >= 4 is 0 Å². The van der Waals surface area contributed by atoms with Crippen LogP contribution in [0.4, 0.5) is 0 Å². The van der Waals surface area contributed by atoms with Gasteiger partial charge in [-0.1, -0.05) is 20.8 Å². The van der Waals surface area contributed by atoms with Crippen molar-refractivity contribution in [3.8, 4) is 17.1 Å². The Hall–Kier alpha value is -1.91. The van der Waals surface area contributed by atoms with Crippen molar-refractivity contribution in [1.29, 1.82) is 0 Å². The van der Waals surface area contributed by atoms with Gasteiger partial charge in [-0.2, -0.15) is 5.21 Å². The smallest absolute Gasteiger partial charge is 0.204 e. The highest BCUT2D eigenvalue weighted by atomic mass is 16.5. The summed E-state index contributed by atoms with van der Waals surface area (Å²) in [6.07, 6.45) is 0. The minimum absolute atomic E-state index is 0.00245. The van der Waals surface area contributed by atoms with Gasteiger partial charge in [-0.3, -0.25) is 0 Å². The zero-order valence-corrected chi connectivity index (χ0v) is 11.4. The van der Waals surface area contributed by atoms with E-state index in [1.165, 1.54) is 0 Å². The molecule has 2 aromatic rings. The molecule has 0 aliphatic rings. The minimum atomic E-state index is -0.00245. The number of tetrazole rings is 1. The molecule has 96 valence electrons. The molecule has 0 fully saturated rings. The highest BCUT2D eigenvalue weighted by Crippen LogP contribution is 2.35. The van der Waals surface area contributed by atoms with Gasteiger partial charge in [0.1, 0.15) is 5.75 Å². The Balaban J connectivity index is 2.64. The molecule has 2 rings (SSSR count). The number of benzene rings is 1. The molecule has 0 bridgehead atoms. The standard InChI is InChI=1S/C13H18N4O/c1-8-6-11(18-5)10(13(2,3)4)7-9(8)12-14-16-17-15-12/h6-7H,1-5H3,(H,14,15,16,17). The number of aryl methyl sites for hydroxylation is 1. The minimum Gasteiger partial charge on any atom is -0.496 e. The normalized spacial score (nSPS) is 11.6. The van der Waals surface area contributed by atoms with E-state index in [1.807, 2.05) is 13.0 Å². The van der Waals surface area contributed by atoms with E-state index >= 15 is 0 Å². The molecule has 0 unspecified atom stereocenters. The maximum absolute atomic E-state index is 5.46. The molecule has 0 saturated carbocycles. The summed E-state index contributed by atoms with van der Waals surface area (Å²) in [5.74, 6) is 1.51. The summed E-state index contributed by atoms with van der Waals surface area (Å²) >= 11 is 0. The second-order valence-corrected chi connectivity index (χ2v) is 5.35. The highest BCUT2D eigenvalue weighted by molar-refractivity contribution is 5.64. The number of methoxy groups -OCH3 is 1. The molecule has 1 heterocycles. The van der Waals surface area contributed by atoms with Crippen molar-refractivity contribution in [2.75, 3.05) is 7.11 Å². The molecule has 1 N–H and O–H groups in total. The van der Waals surface area contributed by atoms with Gasteiger partial charge in [0, 0.05) is 11.1 Å². The van der Waals surface area contributed by atoms with Gasteiger partial charge in [-0.25, -0.2) is 0 Å². The van der Waals surface area contributed by atoms with Gasteiger partial charge >= 0.3 is 0 Å². The first-order valence-electron chi connectivity index (χ1n) is 5.86. The molecule has 5 nitrogen and oxygen atoms in total. The van der Waals surface area contributed by atoms with Crippen molar-refractivity contribution in [2.45, 2.75) is 33.1 Å². The lowest BCUT2D eigenvalue weighted by atomic mass is 9.84. The van der Waals surface area contributed by atoms with E-state index in [0.29, 0.717) is 5.82 Å². The van der Waals surface area contributed by atoms with E-state index in [2.05, 4.69) is 47.5 Å². The molecule has 0 atom stereocenters. The second-order valence-electron chi connectivity index (χ2n) is 5.35. The summed E-state index contributed by atoms with van der Waals surface area (Å²) in [7, 11) is 1.69. The SMILES string of the molecule is COc1cc(C)c(-c2nn[nH]n2)cc1C(C)(C)C. The van der Waals surface area contributed by atoms with E-state index in [4.69, 9.17) is 4.74 Å². The number of nitrogens with zero attached hydrogens (tertiary/aromatic N) is 3. The Morgan fingerprint density at radius 2 is 1.94 bits per heavy atom. The van der Waals surface area contributed by atoms with Gasteiger partial charge in [0.15, 0.2) is 0 Å². The molecular weight excluding hydrogens is 228 g/mol. The molecular formula is C13H18N4O. The molecule has 0 saturated heterocycles. The molecule has 1 aromatic carbocycles. The number of aromatic amines is 1. The summed E-state index contributed by atoms with van der Waals surface area (Å²) in [6.45, 7) is 8.47. The lowest BCUT2D eigenvalue weighted by Crippen LogP contribution is -2.13. The van der Waals surface area contributed by atoms with Crippen molar-refractivity contribution in [2.24, 2.45) is 0 Å². The summed E-state index contributed by atoms with van der Waals surface area (Å²) < 4.78 is 5.46. The average Bonchev–Trinajstić information content (AvgIpc) is 2.80. The lowest BCUT2D eigenvalue weighted by Gasteiger charge is -2.23. The van der Waals surface area contributed by atoms with Crippen molar-refractivity contribution in [3.63, 3.8) is 0 Å². The Kier molecular flexibility index (Phi) is 3.07. The summed E-state index contributed by atoms with van der Waals surface area (Å²) in [5, 5.41) is 14.2. The van der Waals surface area contributed by atoms with Crippen LogP contribution in [0.3, 0.4) is 0 Å². The van der Waals surface area contributed by atoms with Crippen LogP contribution in [0.2, 0.25) is 0 Å². The van der Waals surface area contributed by atoms with Crippen LogP contribution in [-0.2, 0) is 5.41 Å². The Bertz CT molecular complexity index is 541. The molecule has 0 spiro atoms. The Morgan fingerprint density at radius 1 is 1.22 bits per heavy atom. The fourth-order valence-corrected chi connectivity index (χ4v) is 1.95. The third-order valence-corrected chi connectivity index (χ3v) is 2.94. The zero-order chi connectivity index (χ0) is 13.3. The maximum Gasteiger partial charge on any atom is 0.204 e. The average molecular weight is 246 g/mol. The highest BCUT2D eigenvalue weighted by Gasteiger charge is 2.21. The van der Waals surface area contributed by atoms with Crippen LogP contribution in [0.1, 0.15) is 31.9 Å². The molecule has 1 aromatic heterocycles. The number of rotatable bonds is 2. The van der Waals surface area contributed by atoms with Gasteiger partial charge in [0.05, 0.1) is 7.11 Å². The topological polar surface area (TPSA) is 63.7 Å². The van der Waals surface area contributed by atoms with Gasteiger partial charge in [0.2, 0.25) is 5.82 Å². The number of hydrogen-bond acceptors (Lipinski definition) is 4. The Morgan fingerprint density at radius 3 is 2.44 bits per heavy atom. The first-order chi connectivity index (χ1) is 8.43. The molecule has 0 amide bonds. The third kappa shape index (κ3) is 2.20. The maximum atomic E-state index is 5.46.